The van der Waals surface area contributed by atoms with Gasteiger partial charge in [0.1, 0.15) is 23.2 Å². The molecule has 0 amide bonds. The first-order valence-electron chi connectivity index (χ1n) is 9.85. The minimum atomic E-state index is -1.13. The lowest BCUT2D eigenvalue weighted by molar-refractivity contribution is -0.0824. The summed E-state index contributed by atoms with van der Waals surface area (Å²) >= 11 is 0. The van der Waals surface area contributed by atoms with Crippen molar-refractivity contribution >= 4 is 5.97 Å². The van der Waals surface area contributed by atoms with Crippen molar-refractivity contribution in [2.45, 2.75) is 76.9 Å². The minimum Gasteiger partial charge on any atom is -0.507 e. The maximum Gasteiger partial charge on any atom is 0.339 e. The molecule has 3 rings (SSSR count). The number of carboxylic acids is 1. The number of aromatic carboxylic acids is 1. The Morgan fingerprint density at radius 2 is 2.11 bits per heavy atom. The quantitative estimate of drug-likeness (QED) is 0.507. The molecule has 0 unspecified atom stereocenters. The number of unbranched alkanes of at least 4 members (excludes halogenated alkanes) is 2. The number of carbonyl (C=O) groups is 1. The molecule has 1 aromatic carbocycles. The molecule has 27 heavy (non-hydrogen) atoms. The van der Waals surface area contributed by atoms with E-state index in [0.717, 1.165) is 31.3 Å². The number of ether oxygens (including phenoxy) is 1. The van der Waals surface area contributed by atoms with Gasteiger partial charge in [0.2, 0.25) is 0 Å². The molecule has 1 saturated carbocycles. The van der Waals surface area contributed by atoms with Crippen LogP contribution in [-0.2, 0) is 6.42 Å². The van der Waals surface area contributed by atoms with E-state index in [2.05, 4.69) is 13.5 Å². The van der Waals surface area contributed by atoms with Crippen LogP contribution in [0.4, 0.5) is 0 Å². The molecule has 5 heteroatoms. The van der Waals surface area contributed by atoms with Crippen LogP contribution in [0.15, 0.2) is 18.2 Å². The monoisotopic (exact) mass is 374 g/mol. The van der Waals surface area contributed by atoms with E-state index in [1.54, 1.807) is 13.0 Å². The Labute approximate surface area is 160 Å². The third kappa shape index (κ3) is 3.33. The second-order valence-electron chi connectivity index (χ2n) is 8.35. The van der Waals surface area contributed by atoms with Gasteiger partial charge in [0.15, 0.2) is 0 Å². The van der Waals surface area contributed by atoms with Gasteiger partial charge in [-0.3, -0.25) is 0 Å². The minimum absolute atomic E-state index is 0.0280. The molecule has 0 bridgehead atoms. The zero-order valence-electron chi connectivity index (χ0n) is 16.4. The van der Waals surface area contributed by atoms with Gasteiger partial charge in [-0.1, -0.05) is 31.9 Å². The molecule has 0 radical (unpaired) electrons. The summed E-state index contributed by atoms with van der Waals surface area (Å²) in [7, 11) is 0. The molecule has 0 aromatic heterocycles. The number of aryl methyl sites for hydroxylation is 1. The van der Waals surface area contributed by atoms with Crippen LogP contribution < -0.4 is 4.74 Å². The fourth-order valence-electron chi connectivity index (χ4n) is 4.74. The van der Waals surface area contributed by atoms with Crippen molar-refractivity contribution in [3.05, 3.63) is 34.9 Å². The number of hydrogen-bond acceptors (Lipinski definition) is 4. The third-order valence-electron chi connectivity index (χ3n) is 6.20. The van der Waals surface area contributed by atoms with Crippen molar-refractivity contribution in [1.29, 1.82) is 0 Å². The van der Waals surface area contributed by atoms with E-state index in [4.69, 9.17) is 4.74 Å². The van der Waals surface area contributed by atoms with E-state index < -0.39 is 17.7 Å². The number of rotatable bonds is 6. The Morgan fingerprint density at radius 1 is 1.41 bits per heavy atom. The van der Waals surface area contributed by atoms with Crippen molar-refractivity contribution in [1.82, 2.24) is 0 Å². The van der Waals surface area contributed by atoms with Crippen molar-refractivity contribution in [2.24, 2.45) is 5.92 Å². The molecule has 0 spiro atoms. The molecular formula is C22H30O5. The summed E-state index contributed by atoms with van der Waals surface area (Å²) in [5.74, 6) is -1.07. The van der Waals surface area contributed by atoms with Gasteiger partial charge in [-0.25, -0.2) is 4.79 Å². The van der Waals surface area contributed by atoms with Gasteiger partial charge in [0.25, 0.3) is 0 Å². The fraction of sp³-hybridized carbons (Fsp3) is 0.591. The average Bonchev–Trinajstić information content (AvgIpc) is 2.95. The highest BCUT2D eigenvalue weighted by Gasteiger charge is 2.54. The summed E-state index contributed by atoms with van der Waals surface area (Å²) in [5.41, 5.74) is 1.01. The van der Waals surface area contributed by atoms with Crippen LogP contribution in [0.5, 0.6) is 11.5 Å². The Bertz CT molecular complexity index is 764. The Morgan fingerprint density at radius 3 is 2.70 bits per heavy atom. The fourth-order valence-corrected chi connectivity index (χ4v) is 4.74. The number of hydrogen-bond donors (Lipinski definition) is 3. The summed E-state index contributed by atoms with van der Waals surface area (Å²) < 4.78 is 6.13. The molecule has 1 fully saturated rings. The lowest BCUT2D eigenvalue weighted by Gasteiger charge is -2.42. The number of allylic oxidation sites excluding steroid dienone is 1. The van der Waals surface area contributed by atoms with Gasteiger partial charge in [-0.2, -0.15) is 0 Å². The largest absolute Gasteiger partial charge is 0.507 e. The van der Waals surface area contributed by atoms with Gasteiger partial charge in [0.05, 0.1) is 5.60 Å². The lowest BCUT2D eigenvalue weighted by Crippen LogP contribution is -2.50. The van der Waals surface area contributed by atoms with Crippen LogP contribution in [0.25, 0.3) is 0 Å². The summed E-state index contributed by atoms with van der Waals surface area (Å²) in [5, 5.41) is 31.6. The van der Waals surface area contributed by atoms with Crippen LogP contribution in [0, 0.1) is 5.92 Å². The average molecular weight is 374 g/mol. The van der Waals surface area contributed by atoms with E-state index in [1.807, 2.05) is 6.92 Å². The van der Waals surface area contributed by atoms with Gasteiger partial charge >= 0.3 is 5.97 Å². The molecule has 148 valence electrons. The molecule has 1 heterocycles. The molecule has 3 N–H and O–H groups in total. The van der Waals surface area contributed by atoms with Crippen LogP contribution in [0.1, 0.15) is 80.3 Å². The number of benzene rings is 1. The maximum absolute atomic E-state index is 11.9. The number of aliphatic hydroxyl groups is 1. The Hall–Kier alpha value is -2.01. The van der Waals surface area contributed by atoms with Gasteiger partial charge in [-0.05, 0) is 57.1 Å². The highest BCUT2D eigenvalue weighted by molar-refractivity contribution is 5.94. The molecular weight excluding hydrogens is 344 g/mol. The third-order valence-corrected chi connectivity index (χ3v) is 6.20. The van der Waals surface area contributed by atoms with Gasteiger partial charge in [0, 0.05) is 11.5 Å². The number of phenols is 1. The molecule has 4 atom stereocenters. The molecule has 1 aromatic rings. The highest BCUT2D eigenvalue weighted by atomic mass is 16.5. The van der Waals surface area contributed by atoms with Crippen LogP contribution >= 0.6 is 0 Å². The molecule has 1 aliphatic heterocycles. The second-order valence-corrected chi connectivity index (χ2v) is 8.35. The standard InChI is InChI=1S/C22H30O5/c1-5-6-7-8-13-11-15-18(19(23)16(13)21(24)25)17-14(12(2)3)9-10-22(4,26)20(17)27-15/h11,14,17,20,23,26H,2,5-10H2,1,3-4H3,(H,24,25)/t14-,17-,20-,22+/m1/s1. The molecule has 1 aliphatic carbocycles. The van der Waals surface area contributed by atoms with Crippen molar-refractivity contribution in [3.8, 4) is 11.5 Å². The lowest BCUT2D eigenvalue weighted by atomic mass is 9.66. The van der Waals surface area contributed by atoms with E-state index in [0.29, 0.717) is 29.7 Å². The SMILES string of the molecule is C=C(C)[C@H]1CC[C@](C)(O)[C@@H]2Oc3cc(CCCCC)c(C(=O)O)c(O)c3[C@@H]12. The number of aromatic hydroxyl groups is 1. The second kappa shape index (κ2) is 7.19. The Balaban J connectivity index is 2.12. The molecule has 0 saturated heterocycles. The first-order chi connectivity index (χ1) is 12.7. The first-order valence-corrected chi connectivity index (χ1v) is 9.85. The van der Waals surface area contributed by atoms with E-state index in [9.17, 15) is 20.1 Å². The predicted octanol–water partition coefficient (Wildman–Crippen LogP) is 4.40. The van der Waals surface area contributed by atoms with E-state index in [-0.39, 0.29) is 23.1 Å². The summed E-state index contributed by atoms with van der Waals surface area (Å²) in [6.07, 6.45) is 4.26. The van der Waals surface area contributed by atoms with Crippen molar-refractivity contribution in [2.75, 3.05) is 0 Å². The molecule has 5 nitrogen and oxygen atoms in total. The van der Waals surface area contributed by atoms with Crippen molar-refractivity contribution in [3.63, 3.8) is 0 Å². The van der Waals surface area contributed by atoms with Gasteiger partial charge < -0.3 is 20.1 Å². The van der Waals surface area contributed by atoms with Crippen LogP contribution in [0.2, 0.25) is 0 Å². The van der Waals surface area contributed by atoms with Crippen molar-refractivity contribution < 1.29 is 24.9 Å². The van der Waals surface area contributed by atoms with E-state index in [1.165, 1.54) is 0 Å². The smallest absolute Gasteiger partial charge is 0.339 e. The number of carboxylic acid groups (broad SMARTS) is 1. The normalized spacial score (nSPS) is 29.0. The predicted molar refractivity (Wildman–Crippen MR) is 104 cm³/mol. The highest BCUT2D eigenvalue weighted by Crippen LogP contribution is 2.57. The summed E-state index contributed by atoms with van der Waals surface area (Å²) in [6, 6.07) is 1.76. The topological polar surface area (TPSA) is 87.0 Å². The maximum atomic E-state index is 11.9. The summed E-state index contributed by atoms with van der Waals surface area (Å²) in [4.78, 5) is 11.9. The van der Waals surface area contributed by atoms with Crippen LogP contribution in [0.3, 0.4) is 0 Å². The summed E-state index contributed by atoms with van der Waals surface area (Å²) in [6.45, 7) is 9.86. The first kappa shape index (κ1) is 19.7. The zero-order chi connectivity index (χ0) is 19.9. The Kier molecular flexibility index (Phi) is 5.26. The van der Waals surface area contributed by atoms with E-state index >= 15 is 0 Å². The number of fused-ring (bicyclic) bond motifs is 3. The zero-order valence-corrected chi connectivity index (χ0v) is 16.4. The van der Waals surface area contributed by atoms with Gasteiger partial charge in [-0.15, -0.1) is 0 Å². The van der Waals surface area contributed by atoms with Crippen LogP contribution in [-0.4, -0.2) is 33.0 Å². The molecule has 2 aliphatic rings.